The van der Waals surface area contributed by atoms with Gasteiger partial charge in [0.15, 0.2) is 0 Å². The summed E-state index contributed by atoms with van der Waals surface area (Å²) in [6.45, 7) is 1.48. The first-order valence-corrected chi connectivity index (χ1v) is 10.1. The van der Waals surface area contributed by atoms with Gasteiger partial charge in [0.2, 0.25) is 11.8 Å². The van der Waals surface area contributed by atoms with Gasteiger partial charge >= 0.3 is 0 Å². The molecule has 148 valence electrons. The number of carbonyl (C=O) groups is 2. The molecule has 1 saturated carbocycles. The minimum absolute atomic E-state index is 0.0682. The number of fused-ring (bicyclic) bond motifs is 2. The topological polar surface area (TPSA) is 74.4 Å². The standard InChI is InChI=1S/C23H23N3O3/c27-22(12-16-13-24-20-4-2-1-3-19(16)20)26-9-10-29-21-8-7-18(11-17(21)14-26)25-23(28)15-5-6-15/h1-4,7-8,11,13,15,24H,5-6,9-10,12,14H2,(H,25,28). The second-order valence-corrected chi connectivity index (χ2v) is 7.79. The average molecular weight is 389 g/mol. The van der Waals surface area contributed by atoms with Crippen LogP contribution in [0, 0.1) is 5.92 Å². The number of hydrogen-bond donors (Lipinski definition) is 2. The Morgan fingerprint density at radius 1 is 1.17 bits per heavy atom. The van der Waals surface area contributed by atoms with E-state index in [4.69, 9.17) is 4.74 Å². The van der Waals surface area contributed by atoms with Crippen LogP contribution in [0.1, 0.15) is 24.0 Å². The van der Waals surface area contributed by atoms with E-state index in [-0.39, 0.29) is 17.7 Å². The lowest BCUT2D eigenvalue weighted by atomic mass is 10.1. The quantitative estimate of drug-likeness (QED) is 0.717. The van der Waals surface area contributed by atoms with Gasteiger partial charge in [-0.05, 0) is 42.7 Å². The van der Waals surface area contributed by atoms with Crippen LogP contribution in [0.4, 0.5) is 5.69 Å². The van der Waals surface area contributed by atoms with Crippen molar-refractivity contribution in [2.75, 3.05) is 18.5 Å². The van der Waals surface area contributed by atoms with Gasteiger partial charge in [-0.1, -0.05) is 18.2 Å². The zero-order valence-electron chi connectivity index (χ0n) is 16.1. The molecule has 6 heteroatoms. The Kier molecular flexibility index (Phi) is 4.46. The van der Waals surface area contributed by atoms with Crippen molar-refractivity contribution in [3.63, 3.8) is 0 Å². The molecule has 2 heterocycles. The Morgan fingerprint density at radius 2 is 2.03 bits per heavy atom. The lowest BCUT2D eigenvalue weighted by molar-refractivity contribution is -0.131. The molecule has 1 aliphatic heterocycles. The zero-order valence-corrected chi connectivity index (χ0v) is 16.1. The van der Waals surface area contributed by atoms with Gasteiger partial charge in [-0.25, -0.2) is 0 Å². The van der Waals surface area contributed by atoms with Crippen molar-refractivity contribution in [3.05, 3.63) is 59.8 Å². The monoisotopic (exact) mass is 389 g/mol. The fraction of sp³-hybridized carbons (Fsp3) is 0.304. The summed E-state index contributed by atoms with van der Waals surface area (Å²) in [6, 6.07) is 13.7. The summed E-state index contributed by atoms with van der Waals surface area (Å²) in [7, 11) is 0. The Labute approximate surface area is 168 Å². The minimum atomic E-state index is 0.0682. The van der Waals surface area contributed by atoms with Crippen molar-refractivity contribution in [2.45, 2.75) is 25.8 Å². The van der Waals surface area contributed by atoms with Crippen molar-refractivity contribution in [3.8, 4) is 5.75 Å². The van der Waals surface area contributed by atoms with E-state index >= 15 is 0 Å². The minimum Gasteiger partial charge on any atom is -0.491 e. The molecule has 0 atom stereocenters. The van der Waals surface area contributed by atoms with E-state index in [0.717, 1.165) is 46.3 Å². The molecule has 2 amide bonds. The van der Waals surface area contributed by atoms with Gasteiger partial charge in [0.05, 0.1) is 13.0 Å². The summed E-state index contributed by atoms with van der Waals surface area (Å²) >= 11 is 0. The summed E-state index contributed by atoms with van der Waals surface area (Å²) in [5, 5.41) is 4.05. The Bertz CT molecular complexity index is 1080. The fourth-order valence-electron chi connectivity index (χ4n) is 3.83. The first kappa shape index (κ1) is 17.8. The van der Waals surface area contributed by atoms with E-state index in [2.05, 4.69) is 10.3 Å². The summed E-state index contributed by atoms with van der Waals surface area (Å²) in [5.41, 5.74) is 3.72. The van der Waals surface area contributed by atoms with Crippen LogP contribution < -0.4 is 10.1 Å². The van der Waals surface area contributed by atoms with E-state index in [0.29, 0.717) is 26.1 Å². The van der Waals surface area contributed by atoms with Crippen molar-refractivity contribution in [1.29, 1.82) is 0 Å². The Hall–Kier alpha value is -3.28. The van der Waals surface area contributed by atoms with Crippen LogP contribution >= 0.6 is 0 Å². The number of hydrogen-bond acceptors (Lipinski definition) is 3. The van der Waals surface area contributed by atoms with Gasteiger partial charge in [-0.2, -0.15) is 0 Å². The molecule has 0 unspecified atom stereocenters. The van der Waals surface area contributed by atoms with Crippen LogP contribution in [0.5, 0.6) is 5.75 Å². The van der Waals surface area contributed by atoms with Crippen LogP contribution in [0.25, 0.3) is 10.9 Å². The van der Waals surface area contributed by atoms with Crippen LogP contribution in [0.15, 0.2) is 48.7 Å². The molecule has 6 nitrogen and oxygen atoms in total. The van der Waals surface area contributed by atoms with E-state index in [1.54, 1.807) is 0 Å². The fourth-order valence-corrected chi connectivity index (χ4v) is 3.83. The Morgan fingerprint density at radius 3 is 2.90 bits per heavy atom. The molecular formula is C23H23N3O3. The lowest BCUT2D eigenvalue weighted by Gasteiger charge is -2.20. The molecule has 1 aliphatic carbocycles. The third-order valence-electron chi connectivity index (χ3n) is 5.63. The number of amides is 2. The normalized spacial score (nSPS) is 16.1. The molecule has 0 spiro atoms. The van der Waals surface area contributed by atoms with Crippen LogP contribution in [0.3, 0.4) is 0 Å². The van der Waals surface area contributed by atoms with Crippen molar-refractivity contribution >= 4 is 28.4 Å². The smallest absolute Gasteiger partial charge is 0.227 e. The van der Waals surface area contributed by atoms with E-state index < -0.39 is 0 Å². The number of aromatic nitrogens is 1. The maximum atomic E-state index is 13.0. The van der Waals surface area contributed by atoms with Gasteiger partial charge < -0.3 is 19.9 Å². The van der Waals surface area contributed by atoms with Crippen LogP contribution in [-0.4, -0.2) is 34.8 Å². The number of anilines is 1. The van der Waals surface area contributed by atoms with Crippen LogP contribution in [0.2, 0.25) is 0 Å². The molecule has 0 radical (unpaired) electrons. The number of nitrogens with one attached hydrogen (secondary N) is 2. The van der Waals surface area contributed by atoms with E-state index in [9.17, 15) is 9.59 Å². The van der Waals surface area contributed by atoms with E-state index in [1.807, 2.05) is 53.6 Å². The van der Waals surface area contributed by atoms with Gasteiger partial charge in [-0.3, -0.25) is 9.59 Å². The number of para-hydroxylation sites is 1. The maximum Gasteiger partial charge on any atom is 0.227 e. The molecule has 2 aromatic carbocycles. The zero-order chi connectivity index (χ0) is 19.8. The molecule has 29 heavy (non-hydrogen) atoms. The number of rotatable bonds is 4. The molecule has 1 aromatic heterocycles. The molecule has 2 aliphatic rings. The molecule has 5 rings (SSSR count). The highest BCUT2D eigenvalue weighted by atomic mass is 16.5. The van der Waals surface area contributed by atoms with Crippen LogP contribution in [-0.2, 0) is 22.6 Å². The Balaban J connectivity index is 1.33. The predicted octanol–water partition coefficient (Wildman–Crippen LogP) is 3.48. The maximum absolute atomic E-state index is 13.0. The highest BCUT2D eigenvalue weighted by molar-refractivity contribution is 5.94. The molecule has 3 aromatic rings. The first-order valence-electron chi connectivity index (χ1n) is 10.1. The first-order chi connectivity index (χ1) is 14.2. The van der Waals surface area contributed by atoms with Crippen molar-refractivity contribution in [2.24, 2.45) is 5.92 Å². The SMILES string of the molecule is O=C(Nc1ccc2c(c1)CN(C(=O)Cc1c[nH]c3ccccc13)CCO2)C1CC1. The summed E-state index contributed by atoms with van der Waals surface area (Å²) in [5.74, 6) is 1.07. The summed E-state index contributed by atoms with van der Waals surface area (Å²) in [4.78, 5) is 30.1. The number of carbonyl (C=O) groups excluding carboxylic acids is 2. The number of nitrogens with zero attached hydrogens (tertiary/aromatic N) is 1. The second-order valence-electron chi connectivity index (χ2n) is 7.79. The number of ether oxygens (including phenoxy) is 1. The van der Waals surface area contributed by atoms with E-state index in [1.165, 1.54) is 0 Å². The van der Waals surface area contributed by atoms with Gasteiger partial charge in [0.25, 0.3) is 0 Å². The third-order valence-corrected chi connectivity index (χ3v) is 5.63. The highest BCUT2D eigenvalue weighted by Gasteiger charge is 2.30. The van der Waals surface area contributed by atoms with Crippen molar-refractivity contribution < 1.29 is 14.3 Å². The average Bonchev–Trinajstić information content (AvgIpc) is 3.53. The molecular weight excluding hydrogens is 366 g/mol. The highest BCUT2D eigenvalue weighted by Crippen LogP contribution is 2.32. The molecule has 0 saturated heterocycles. The number of H-pyrrole nitrogens is 1. The predicted molar refractivity (Wildman–Crippen MR) is 111 cm³/mol. The lowest BCUT2D eigenvalue weighted by Crippen LogP contribution is -2.33. The van der Waals surface area contributed by atoms with Gasteiger partial charge in [0, 0.05) is 40.8 Å². The number of benzene rings is 2. The second kappa shape index (κ2) is 7.28. The summed E-state index contributed by atoms with van der Waals surface area (Å²) < 4.78 is 5.84. The van der Waals surface area contributed by atoms with Crippen molar-refractivity contribution in [1.82, 2.24) is 9.88 Å². The molecule has 1 fully saturated rings. The molecule has 0 bridgehead atoms. The third kappa shape index (κ3) is 3.70. The molecule has 2 N–H and O–H groups in total. The largest absolute Gasteiger partial charge is 0.491 e. The number of aromatic amines is 1. The van der Waals surface area contributed by atoms with Gasteiger partial charge in [-0.15, -0.1) is 0 Å². The summed E-state index contributed by atoms with van der Waals surface area (Å²) in [6.07, 6.45) is 4.19. The van der Waals surface area contributed by atoms with Gasteiger partial charge in [0.1, 0.15) is 12.4 Å².